The van der Waals surface area contributed by atoms with Crippen molar-refractivity contribution in [1.29, 1.82) is 0 Å². The molecule has 0 saturated carbocycles. The third-order valence-electron chi connectivity index (χ3n) is 4.77. The average molecular weight is 405 g/mol. The van der Waals surface area contributed by atoms with E-state index in [4.69, 9.17) is 0 Å². The molecule has 2 N–H and O–H groups in total. The molecule has 2 aromatic rings. The maximum Gasteiger partial charge on any atom is 0.259 e. The van der Waals surface area contributed by atoms with Gasteiger partial charge in [-0.1, -0.05) is 0 Å². The molecule has 1 aliphatic carbocycles. The fraction of sp³-hybridized carbons (Fsp3) is 0.600. The van der Waals surface area contributed by atoms with Crippen LogP contribution in [0.5, 0.6) is 0 Å². The Kier molecular flexibility index (Phi) is 5.88. The number of nitrogens with zero attached hydrogens (tertiary/aromatic N) is 2. The summed E-state index contributed by atoms with van der Waals surface area (Å²) in [6.45, 7) is 5.70. The molecule has 152 valence electrons. The summed E-state index contributed by atoms with van der Waals surface area (Å²) in [6, 6.07) is 0. The van der Waals surface area contributed by atoms with Crippen molar-refractivity contribution in [2.45, 2.75) is 64.8 Å². The monoisotopic (exact) mass is 404 g/mol. The number of rotatable bonds is 5. The van der Waals surface area contributed by atoms with Crippen LogP contribution in [0.1, 0.15) is 56.3 Å². The van der Waals surface area contributed by atoms with Gasteiger partial charge in [0.15, 0.2) is 0 Å². The molecule has 2 aromatic heterocycles. The lowest BCUT2D eigenvalue weighted by Crippen LogP contribution is -2.46. The van der Waals surface area contributed by atoms with Gasteiger partial charge in [0.1, 0.15) is 10.7 Å². The molecule has 0 saturated heterocycles. The number of carbonyl (C=O) groups excluding carboxylic acids is 2. The first-order chi connectivity index (χ1) is 13.1. The molecule has 0 unspecified atom stereocenters. The number of aromatic nitrogens is 2. The highest BCUT2D eigenvalue weighted by Gasteiger charge is 2.21. The molecule has 1 aliphatic rings. The quantitative estimate of drug-likeness (QED) is 0.798. The van der Waals surface area contributed by atoms with Crippen molar-refractivity contribution in [3.8, 4) is 0 Å². The van der Waals surface area contributed by atoms with Gasteiger partial charge < -0.3 is 15.2 Å². The van der Waals surface area contributed by atoms with E-state index in [0.717, 1.165) is 41.5 Å². The Labute approximate surface area is 168 Å². The number of likely N-dealkylation sites (N-methyl/N-ethyl adjacent to an activating group) is 1. The van der Waals surface area contributed by atoms with Gasteiger partial charge in [0.05, 0.1) is 11.9 Å². The third-order valence-corrected chi connectivity index (χ3v) is 5.96. The van der Waals surface area contributed by atoms with Gasteiger partial charge in [-0.3, -0.25) is 14.4 Å². The minimum Gasteiger partial charge on any atom is -0.350 e. The number of hydrogen-bond donors (Lipinski definition) is 2. The number of aryl methyl sites for hydroxylation is 3. The number of carbonyl (C=O) groups is 2. The molecule has 0 atom stereocenters. The summed E-state index contributed by atoms with van der Waals surface area (Å²) in [5, 5.41) is 3.57. The van der Waals surface area contributed by atoms with E-state index in [1.165, 1.54) is 9.78 Å². The number of fused-ring (bicyclic) bond motifs is 3. The second kappa shape index (κ2) is 8.03. The first kappa shape index (κ1) is 20.5. The first-order valence-electron chi connectivity index (χ1n) is 9.72. The maximum absolute atomic E-state index is 12.6. The highest BCUT2D eigenvalue weighted by atomic mass is 32.1. The van der Waals surface area contributed by atoms with Crippen molar-refractivity contribution in [3.63, 3.8) is 0 Å². The Morgan fingerprint density at radius 1 is 1.25 bits per heavy atom. The normalized spacial score (nSPS) is 14.0. The van der Waals surface area contributed by atoms with Gasteiger partial charge in [-0.2, -0.15) is 0 Å². The number of H-pyrrole nitrogens is 1. The van der Waals surface area contributed by atoms with Crippen molar-refractivity contribution in [1.82, 2.24) is 20.2 Å². The van der Waals surface area contributed by atoms with Gasteiger partial charge in [0.2, 0.25) is 11.8 Å². The fourth-order valence-corrected chi connectivity index (χ4v) is 4.79. The predicted molar refractivity (Wildman–Crippen MR) is 111 cm³/mol. The van der Waals surface area contributed by atoms with E-state index in [-0.39, 0.29) is 35.9 Å². The standard InChI is InChI=1S/C20H28N4O3S/c1-20(2,3)23-15(25)11-24(4)16(26)10-9-14-21-18(27)17-12-7-5-6-8-13(12)28-19(17)22-14/h5-11H2,1-4H3,(H,23,25)(H,21,22,27). The number of amides is 2. The van der Waals surface area contributed by atoms with E-state index in [1.807, 2.05) is 20.8 Å². The summed E-state index contributed by atoms with van der Waals surface area (Å²) < 4.78 is 0. The lowest BCUT2D eigenvalue weighted by atomic mass is 9.97. The zero-order chi connectivity index (χ0) is 20.5. The van der Waals surface area contributed by atoms with Crippen LogP contribution < -0.4 is 10.9 Å². The number of nitrogens with one attached hydrogen (secondary N) is 2. The average Bonchev–Trinajstić information content (AvgIpc) is 2.96. The van der Waals surface area contributed by atoms with E-state index >= 15 is 0 Å². The summed E-state index contributed by atoms with van der Waals surface area (Å²) in [7, 11) is 1.61. The maximum atomic E-state index is 12.6. The van der Waals surface area contributed by atoms with Crippen molar-refractivity contribution in [2.24, 2.45) is 0 Å². The molecule has 0 spiro atoms. The molecule has 3 rings (SSSR count). The molecular formula is C20H28N4O3S. The Balaban J connectivity index is 1.64. The largest absolute Gasteiger partial charge is 0.350 e. The van der Waals surface area contributed by atoms with Gasteiger partial charge in [0.25, 0.3) is 5.56 Å². The summed E-state index contributed by atoms with van der Waals surface area (Å²) in [4.78, 5) is 47.8. The number of thiophene rings is 1. The van der Waals surface area contributed by atoms with E-state index in [0.29, 0.717) is 12.2 Å². The van der Waals surface area contributed by atoms with Crippen LogP contribution in [0, 0.1) is 0 Å². The van der Waals surface area contributed by atoms with Crippen LogP contribution in [0.2, 0.25) is 0 Å². The second-order valence-corrected chi connectivity index (χ2v) is 9.54. The summed E-state index contributed by atoms with van der Waals surface area (Å²) >= 11 is 1.60. The van der Waals surface area contributed by atoms with Crippen molar-refractivity contribution in [2.75, 3.05) is 13.6 Å². The van der Waals surface area contributed by atoms with E-state index in [2.05, 4.69) is 15.3 Å². The van der Waals surface area contributed by atoms with Gasteiger partial charge >= 0.3 is 0 Å². The number of aromatic amines is 1. The van der Waals surface area contributed by atoms with Gasteiger partial charge in [0, 0.05) is 30.3 Å². The van der Waals surface area contributed by atoms with Gasteiger partial charge in [-0.25, -0.2) is 4.98 Å². The van der Waals surface area contributed by atoms with E-state index in [9.17, 15) is 14.4 Å². The van der Waals surface area contributed by atoms with Crippen molar-refractivity contribution < 1.29 is 9.59 Å². The minimum atomic E-state index is -0.334. The van der Waals surface area contributed by atoms with E-state index < -0.39 is 0 Å². The molecule has 0 bridgehead atoms. The SMILES string of the molecule is CN(CC(=O)NC(C)(C)C)C(=O)CCc1nc2sc3c(c2c(=O)[nH]1)CCCC3. The molecule has 7 nitrogen and oxygen atoms in total. The molecule has 0 aliphatic heterocycles. The van der Waals surface area contributed by atoms with Crippen LogP contribution in [0.4, 0.5) is 0 Å². The van der Waals surface area contributed by atoms with Gasteiger partial charge in [-0.15, -0.1) is 11.3 Å². The van der Waals surface area contributed by atoms with Crippen LogP contribution in [0.25, 0.3) is 10.2 Å². The zero-order valence-electron chi connectivity index (χ0n) is 17.0. The Bertz CT molecular complexity index is 955. The lowest BCUT2D eigenvalue weighted by Gasteiger charge is -2.23. The Morgan fingerprint density at radius 3 is 2.68 bits per heavy atom. The fourth-order valence-electron chi connectivity index (χ4n) is 3.50. The minimum absolute atomic E-state index is 0.0106. The smallest absolute Gasteiger partial charge is 0.259 e. The Morgan fingerprint density at radius 2 is 1.96 bits per heavy atom. The van der Waals surface area contributed by atoms with Crippen molar-refractivity contribution in [3.05, 3.63) is 26.6 Å². The lowest BCUT2D eigenvalue weighted by molar-refractivity contribution is -0.135. The summed E-state index contributed by atoms with van der Waals surface area (Å²) in [5.41, 5.74) is 0.719. The molecule has 0 fully saturated rings. The topological polar surface area (TPSA) is 95.2 Å². The Hall–Kier alpha value is -2.22. The molecule has 0 aromatic carbocycles. The van der Waals surface area contributed by atoms with Crippen LogP contribution in [0.15, 0.2) is 4.79 Å². The molecule has 8 heteroatoms. The molecular weight excluding hydrogens is 376 g/mol. The highest BCUT2D eigenvalue weighted by Crippen LogP contribution is 2.33. The highest BCUT2D eigenvalue weighted by molar-refractivity contribution is 7.18. The zero-order valence-corrected chi connectivity index (χ0v) is 17.8. The molecule has 28 heavy (non-hydrogen) atoms. The van der Waals surface area contributed by atoms with Crippen LogP contribution in [0.3, 0.4) is 0 Å². The molecule has 2 heterocycles. The van der Waals surface area contributed by atoms with Crippen LogP contribution in [-0.2, 0) is 28.9 Å². The number of hydrogen-bond acceptors (Lipinski definition) is 5. The summed E-state index contributed by atoms with van der Waals surface area (Å²) in [6.07, 6.45) is 4.78. The molecule has 2 amide bonds. The van der Waals surface area contributed by atoms with E-state index in [1.54, 1.807) is 18.4 Å². The summed E-state index contributed by atoms with van der Waals surface area (Å²) in [5.74, 6) is 0.176. The third kappa shape index (κ3) is 4.79. The molecule has 0 radical (unpaired) electrons. The second-order valence-electron chi connectivity index (χ2n) is 8.45. The van der Waals surface area contributed by atoms with Crippen molar-refractivity contribution >= 4 is 33.4 Å². The van der Waals surface area contributed by atoms with Gasteiger partial charge in [-0.05, 0) is 52.0 Å². The van der Waals surface area contributed by atoms with Crippen LogP contribution in [-0.4, -0.2) is 45.8 Å². The first-order valence-corrected chi connectivity index (χ1v) is 10.5. The predicted octanol–water partition coefficient (Wildman–Crippen LogP) is 2.17. The van der Waals surface area contributed by atoms with Crippen LogP contribution >= 0.6 is 11.3 Å².